The summed E-state index contributed by atoms with van der Waals surface area (Å²) in [6.45, 7) is 3.87. The van der Waals surface area contributed by atoms with Crippen molar-refractivity contribution in [1.29, 1.82) is 0 Å². The van der Waals surface area contributed by atoms with Crippen LogP contribution in [0.1, 0.15) is 29.8 Å². The van der Waals surface area contributed by atoms with Crippen molar-refractivity contribution in [3.8, 4) is 11.5 Å². The molecule has 9 nitrogen and oxygen atoms in total. The van der Waals surface area contributed by atoms with Gasteiger partial charge in [-0.05, 0) is 48.6 Å². The van der Waals surface area contributed by atoms with Gasteiger partial charge in [0, 0.05) is 10.9 Å². The van der Waals surface area contributed by atoms with Gasteiger partial charge < -0.3 is 15.2 Å². The van der Waals surface area contributed by atoms with Crippen LogP contribution in [0.5, 0.6) is 11.5 Å². The van der Waals surface area contributed by atoms with Crippen molar-refractivity contribution in [3.63, 3.8) is 0 Å². The van der Waals surface area contributed by atoms with Crippen LogP contribution in [-0.4, -0.2) is 25.5 Å². The Hall–Kier alpha value is -2.70. The summed E-state index contributed by atoms with van der Waals surface area (Å²) in [5.74, 6) is -1.19. The van der Waals surface area contributed by atoms with Gasteiger partial charge in [-0.25, -0.2) is 0 Å². The molecule has 0 saturated carbocycles. The minimum Gasteiger partial charge on any atom is -0.870 e. The molecule has 0 saturated heterocycles. The Morgan fingerprint density at radius 1 is 1.05 bits per heavy atom. The van der Waals surface area contributed by atoms with Gasteiger partial charge in [-0.1, -0.05) is 72.3 Å². The topological polar surface area (TPSA) is 140 Å². The van der Waals surface area contributed by atoms with E-state index in [9.17, 15) is 22.9 Å². The summed E-state index contributed by atoms with van der Waals surface area (Å²) in [5, 5.41) is 25.0. The summed E-state index contributed by atoms with van der Waals surface area (Å²) < 4.78 is 39.5. The molecule has 4 aromatic carbocycles. The van der Waals surface area contributed by atoms with Gasteiger partial charge in [0.05, 0.1) is 22.3 Å². The summed E-state index contributed by atoms with van der Waals surface area (Å²) in [5.41, 5.74) is -0.0534. The number of fused-ring (bicyclic) bond motifs is 1. The molecular formula is C27H22Cl2N3NaO6S. The minimum absolute atomic E-state index is 0. The van der Waals surface area contributed by atoms with Gasteiger partial charge in [-0.2, -0.15) is 13.5 Å². The van der Waals surface area contributed by atoms with Crippen molar-refractivity contribution in [2.24, 2.45) is 10.2 Å². The molecule has 0 aliphatic carbocycles. The van der Waals surface area contributed by atoms with Crippen molar-refractivity contribution >= 4 is 67.1 Å². The Labute approximate surface area is 263 Å². The minimum atomic E-state index is -4.78. The second-order valence-electron chi connectivity index (χ2n) is 8.24. The van der Waals surface area contributed by atoms with Gasteiger partial charge in [0.2, 0.25) is 0 Å². The molecule has 4 aromatic rings. The monoisotopic (exact) mass is 609 g/mol. The maximum absolute atomic E-state index is 13.5. The molecule has 0 spiro atoms. The first-order valence-corrected chi connectivity index (χ1v) is 13.9. The molecule has 4 rings (SSSR count). The van der Waals surface area contributed by atoms with Gasteiger partial charge in [-0.15, -0.1) is 5.11 Å². The van der Waals surface area contributed by atoms with Gasteiger partial charge in [0.1, 0.15) is 22.0 Å². The van der Waals surface area contributed by atoms with Crippen molar-refractivity contribution in [1.82, 2.24) is 0 Å². The molecule has 0 aromatic heterocycles. The van der Waals surface area contributed by atoms with Crippen molar-refractivity contribution in [3.05, 3.63) is 81.8 Å². The standard InChI is InChI=1S/C27H23Cl2N3O6S.Na/c1-3-15-12-13-20(26(22(15)29)39(35,36)37)31-32-23-17-9-6-5-8-16(17)14-18(25(23)33)27(34)30-24-19(28)10-7-11-21(24)38-4-2;/h5-14,33H,3-4H2,1-2H3,(H,30,34)(H,35,36,37);/q;+1/p-1. The summed E-state index contributed by atoms with van der Waals surface area (Å²) in [7, 11) is -4.78. The molecule has 1 amide bonds. The molecule has 0 atom stereocenters. The number of carbonyl (C=O) groups is 1. The van der Waals surface area contributed by atoms with E-state index in [0.29, 0.717) is 35.1 Å². The third-order valence-corrected chi connectivity index (χ3v) is 7.57. The number of aryl methyl sites for hydroxylation is 1. The van der Waals surface area contributed by atoms with Crippen LogP contribution in [-0.2, 0) is 16.5 Å². The van der Waals surface area contributed by atoms with Crippen molar-refractivity contribution < 1.29 is 57.2 Å². The van der Waals surface area contributed by atoms with Gasteiger partial charge in [0.15, 0.2) is 0 Å². The summed E-state index contributed by atoms with van der Waals surface area (Å²) in [6.07, 6.45) is 0.404. The molecule has 0 aliphatic heterocycles. The first kappa shape index (κ1) is 31.8. The number of rotatable bonds is 8. The molecule has 2 N–H and O–H groups in total. The number of azo groups is 1. The van der Waals surface area contributed by atoms with Gasteiger partial charge >= 0.3 is 29.6 Å². The van der Waals surface area contributed by atoms with Crippen molar-refractivity contribution in [2.75, 3.05) is 11.9 Å². The molecule has 202 valence electrons. The Morgan fingerprint density at radius 3 is 2.45 bits per heavy atom. The molecule has 13 heteroatoms. The van der Waals surface area contributed by atoms with Crippen molar-refractivity contribution in [2.45, 2.75) is 25.2 Å². The van der Waals surface area contributed by atoms with Crippen LogP contribution in [0, 0.1) is 0 Å². The van der Waals surface area contributed by atoms with E-state index in [1.807, 2.05) is 0 Å². The fraction of sp³-hybridized carbons (Fsp3) is 0.148. The molecule has 0 heterocycles. The van der Waals surface area contributed by atoms with Crippen LogP contribution in [0.2, 0.25) is 10.0 Å². The van der Waals surface area contributed by atoms with Crippen LogP contribution in [0.4, 0.5) is 17.1 Å². The number of hydrogen-bond acceptors (Lipinski definition) is 7. The largest absolute Gasteiger partial charge is 1.00 e. The third-order valence-electron chi connectivity index (χ3n) is 5.79. The number of nitrogens with zero attached hydrogens (tertiary/aromatic N) is 2. The smallest absolute Gasteiger partial charge is 0.870 e. The summed E-state index contributed by atoms with van der Waals surface area (Å²) in [4.78, 5) is 12.7. The van der Waals surface area contributed by atoms with E-state index in [1.165, 1.54) is 12.1 Å². The molecule has 0 bridgehead atoms. The fourth-order valence-electron chi connectivity index (χ4n) is 3.95. The maximum atomic E-state index is 13.5. The Bertz CT molecular complexity index is 1730. The van der Waals surface area contributed by atoms with E-state index in [1.54, 1.807) is 62.4 Å². The first-order chi connectivity index (χ1) is 18.6. The number of halogens is 2. The average Bonchev–Trinajstić information content (AvgIpc) is 2.89. The second-order valence-corrected chi connectivity index (χ2v) is 10.4. The van der Waals surface area contributed by atoms with Crippen LogP contribution in [0.15, 0.2) is 75.8 Å². The Kier molecular flexibility index (Phi) is 10.6. The number of benzene rings is 4. The van der Waals surface area contributed by atoms with Crippen LogP contribution < -0.4 is 44.7 Å². The molecule has 40 heavy (non-hydrogen) atoms. The number of ether oxygens (including phenoxy) is 1. The van der Waals surface area contributed by atoms with Crippen LogP contribution in [0.3, 0.4) is 0 Å². The second kappa shape index (κ2) is 13.3. The van der Waals surface area contributed by atoms with Crippen LogP contribution >= 0.6 is 23.2 Å². The number of carbonyl (C=O) groups excluding carboxylic acids is 1. The Morgan fingerprint density at radius 2 is 1.77 bits per heavy atom. The zero-order valence-corrected chi connectivity index (χ0v) is 26.1. The zero-order valence-electron chi connectivity index (χ0n) is 21.7. The van der Waals surface area contributed by atoms with E-state index < -0.39 is 26.7 Å². The molecular weight excluding hydrogens is 588 g/mol. The average molecular weight is 610 g/mol. The number of nitrogens with one attached hydrogen (secondary N) is 1. The van der Waals surface area contributed by atoms with Crippen LogP contribution in [0.25, 0.3) is 10.8 Å². The van der Waals surface area contributed by atoms with E-state index in [0.717, 1.165) is 0 Å². The molecule has 0 fully saturated rings. The van der Waals surface area contributed by atoms with E-state index in [2.05, 4.69) is 15.5 Å². The number of para-hydroxylation sites is 1. The normalized spacial score (nSPS) is 11.4. The fourth-order valence-corrected chi connectivity index (χ4v) is 5.48. The molecule has 0 aliphatic rings. The first-order valence-electron chi connectivity index (χ1n) is 11.7. The number of amides is 1. The summed E-state index contributed by atoms with van der Waals surface area (Å²) in [6, 6.07) is 15.8. The molecule has 0 unspecified atom stereocenters. The number of hydrogen-bond donors (Lipinski definition) is 2. The predicted molar refractivity (Wildman–Crippen MR) is 149 cm³/mol. The van der Waals surface area contributed by atoms with E-state index in [4.69, 9.17) is 27.9 Å². The number of anilines is 1. The molecule has 0 radical (unpaired) electrons. The quantitative estimate of drug-likeness (QED) is 0.175. The van der Waals surface area contributed by atoms with Gasteiger partial charge in [-0.3, -0.25) is 9.35 Å². The van der Waals surface area contributed by atoms with Gasteiger partial charge in [0.25, 0.3) is 16.0 Å². The third kappa shape index (κ3) is 6.60. The Balaban J connectivity index is 0.00000441. The van der Waals surface area contributed by atoms with E-state index >= 15 is 0 Å². The maximum Gasteiger partial charge on any atom is 1.00 e. The van der Waals surface area contributed by atoms with E-state index in [-0.39, 0.29) is 62.2 Å². The SMILES string of the molecule is CCOc1cccc(Cl)c1NC(=O)c1cc2ccccc2c(N=Nc2ccc(CC)c(Cl)c2S(=O)(=O)O)c1[O-].[Na+]. The predicted octanol–water partition coefficient (Wildman–Crippen LogP) is 4.10. The zero-order chi connectivity index (χ0) is 28.3. The summed E-state index contributed by atoms with van der Waals surface area (Å²) >= 11 is 12.5.